The Labute approximate surface area is 164 Å². The predicted molar refractivity (Wildman–Crippen MR) is 104 cm³/mol. The number of amides is 1. The van der Waals surface area contributed by atoms with E-state index >= 15 is 0 Å². The second-order valence-corrected chi connectivity index (χ2v) is 7.00. The summed E-state index contributed by atoms with van der Waals surface area (Å²) in [5, 5.41) is 4.10. The minimum Gasteiger partial charge on any atom is -0.497 e. The van der Waals surface area contributed by atoms with Crippen molar-refractivity contribution in [3.63, 3.8) is 0 Å². The lowest BCUT2D eigenvalue weighted by Gasteiger charge is -2.35. The highest BCUT2D eigenvalue weighted by molar-refractivity contribution is 5.91. The van der Waals surface area contributed by atoms with Crippen LogP contribution in [0.4, 0.5) is 0 Å². The van der Waals surface area contributed by atoms with Gasteiger partial charge in [-0.3, -0.25) is 9.78 Å². The molecule has 1 saturated heterocycles. The molecule has 4 rings (SSSR count). The monoisotopic (exact) mass is 377 g/mol. The standard InChI is InChI=1S/C22H23N3O3/c1-27-19-9-7-16(8-10-19)13-18-14-21(28-24-18)22(26)25-12-3-2-6-20(25)17-5-4-11-23-15-17/h4-5,7-11,14-15,20H,2-3,6,12-13H2,1H3. The lowest BCUT2D eigenvalue weighted by atomic mass is 9.96. The summed E-state index contributed by atoms with van der Waals surface area (Å²) in [5.74, 6) is 0.993. The highest BCUT2D eigenvalue weighted by atomic mass is 16.5. The fourth-order valence-electron chi connectivity index (χ4n) is 3.68. The molecule has 1 aliphatic rings. The second kappa shape index (κ2) is 8.25. The first-order chi connectivity index (χ1) is 13.7. The molecule has 0 aliphatic carbocycles. The van der Waals surface area contributed by atoms with Crippen LogP contribution in [0.2, 0.25) is 0 Å². The van der Waals surface area contributed by atoms with Crippen molar-refractivity contribution in [2.24, 2.45) is 0 Å². The molecule has 1 unspecified atom stereocenters. The Morgan fingerprint density at radius 2 is 2.11 bits per heavy atom. The van der Waals surface area contributed by atoms with Crippen LogP contribution in [0.5, 0.6) is 5.75 Å². The zero-order chi connectivity index (χ0) is 19.3. The first kappa shape index (κ1) is 18.2. The number of likely N-dealkylation sites (tertiary alicyclic amines) is 1. The van der Waals surface area contributed by atoms with Gasteiger partial charge in [0.1, 0.15) is 5.75 Å². The normalized spacial score (nSPS) is 16.8. The lowest BCUT2D eigenvalue weighted by Crippen LogP contribution is -2.38. The number of ether oxygens (including phenoxy) is 1. The number of carbonyl (C=O) groups is 1. The largest absolute Gasteiger partial charge is 0.497 e. The third-order valence-electron chi connectivity index (χ3n) is 5.15. The maximum absolute atomic E-state index is 13.1. The van der Waals surface area contributed by atoms with Crippen LogP contribution in [0.25, 0.3) is 0 Å². The summed E-state index contributed by atoms with van der Waals surface area (Å²) in [6, 6.07) is 13.5. The van der Waals surface area contributed by atoms with Gasteiger partial charge in [-0.25, -0.2) is 0 Å². The number of pyridine rings is 1. The van der Waals surface area contributed by atoms with E-state index in [9.17, 15) is 4.79 Å². The molecule has 2 aromatic heterocycles. The molecule has 6 nitrogen and oxygen atoms in total. The average molecular weight is 377 g/mol. The molecule has 6 heteroatoms. The minimum atomic E-state index is -0.109. The number of carbonyl (C=O) groups excluding carboxylic acids is 1. The number of piperidine rings is 1. The van der Waals surface area contributed by atoms with E-state index in [0.717, 1.165) is 41.8 Å². The van der Waals surface area contributed by atoms with Crippen molar-refractivity contribution in [1.82, 2.24) is 15.0 Å². The van der Waals surface area contributed by atoms with Gasteiger partial charge in [-0.05, 0) is 48.6 Å². The zero-order valence-electron chi connectivity index (χ0n) is 15.9. The Morgan fingerprint density at radius 1 is 1.25 bits per heavy atom. The van der Waals surface area contributed by atoms with Gasteiger partial charge in [0.15, 0.2) is 0 Å². The summed E-state index contributed by atoms with van der Waals surface area (Å²) in [6.45, 7) is 0.715. The number of rotatable bonds is 5. The summed E-state index contributed by atoms with van der Waals surface area (Å²) in [5.41, 5.74) is 2.89. The summed E-state index contributed by atoms with van der Waals surface area (Å²) >= 11 is 0. The maximum Gasteiger partial charge on any atom is 0.292 e. The highest BCUT2D eigenvalue weighted by Crippen LogP contribution is 2.31. The number of aromatic nitrogens is 2. The van der Waals surface area contributed by atoms with Gasteiger partial charge in [-0.2, -0.15) is 0 Å². The van der Waals surface area contributed by atoms with Gasteiger partial charge in [0.05, 0.1) is 18.8 Å². The Balaban J connectivity index is 1.49. The Morgan fingerprint density at radius 3 is 2.86 bits per heavy atom. The number of methoxy groups -OCH3 is 1. The lowest BCUT2D eigenvalue weighted by molar-refractivity contribution is 0.0569. The molecule has 0 saturated carbocycles. The van der Waals surface area contributed by atoms with Gasteiger partial charge < -0.3 is 14.2 Å². The molecule has 1 fully saturated rings. The fraction of sp³-hybridized carbons (Fsp3) is 0.318. The summed E-state index contributed by atoms with van der Waals surface area (Å²) in [6.07, 6.45) is 7.22. The van der Waals surface area contributed by atoms with E-state index in [1.807, 2.05) is 47.5 Å². The third kappa shape index (κ3) is 3.91. The van der Waals surface area contributed by atoms with E-state index in [2.05, 4.69) is 10.1 Å². The number of hydrogen-bond donors (Lipinski definition) is 0. The van der Waals surface area contributed by atoms with Crippen LogP contribution in [0.3, 0.4) is 0 Å². The second-order valence-electron chi connectivity index (χ2n) is 7.00. The highest BCUT2D eigenvalue weighted by Gasteiger charge is 2.30. The smallest absolute Gasteiger partial charge is 0.292 e. The van der Waals surface area contributed by atoms with Crippen LogP contribution in [-0.2, 0) is 6.42 Å². The van der Waals surface area contributed by atoms with Crippen LogP contribution in [-0.4, -0.2) is 34.6 Å². The Hall–Kier alpha value is -3.15. The summed E-state index contributed by atoms with van der Waals surface area (Å²) in [7, 11) is 1.64. The molecule has 144 valence electrons. The van der Waals surface area contributed by atoms with Crippen molar-refractivity contribution in [2.75, 3.05) is 13.7 Å². The predicted octanol–water partition coefficient (Wildman–Crippen LogP) is 4.04. The van der Waals surface area contributed by atoms with Gasteiger partial charge in [0.2, 0.25) is 5.76 Å². The topological polar surface area (TPSA) is 68.5 Å². The van der Waals surface area contributed by atoms with Crippen molar-refractivity contribution in [3.8, 4) is 5.75 Å². The van der Waals surface area contributed by atoms with Crippen LogP contribution in [0.15, 0.2) is 59.4 Å². The third-order valence-corrected chi connectivity index (χ3v) is 5.15. The Bertz CT molecular complexity index is 922. The maximum atomic E-state index is 13.1. The van der Waals surface area contributed by atoms with Gasteiger partial charge in [-0.15, -0.1) is 0 Å². The van der Waals surface area contributed by atoms with Gasteiger partial charge in [-0.1, -0.05) is 23.4 Å². The van der Waals surface area contributed by atoms with Crippen LogP contribution in [0.1, 0.15) is 52.7 Å². The molecule has 3 aromatic rings. The first-order valence-electron chi connectivity index (χ1n) is 9.54. The molecular formula is C22H23N3O3. The van der Waals surface area contributed by atoms with E-state index in [0.29, 0.717) is 18.7 Å². The van der Waals surface area contributed by atoms with Gasteiger partial charge >= 0.3 is 0 Å². The number of hydrogen-bond acceptors (Lipinski definition) is 5. The molecule has 28 heavy (non-hydrogen) atoms. The van der Waals surface area contributed by atoms with E-state index in [4.69, 9.17) is 9.26 Å². The molecular weight excluding hydrogens is 354 g/mol. The van der Waals surface area contributed by atoms with Crippen molar-refractivity contribution in [2.45, 2.75) is 31.7 Å². The molecule has 3 heterocycles. The summed E-state index contributed by atoms with van der Waals surface area (Å²) in [4.78, 5) is 19.2. The van der Waals surface area contributed by atoms with Crippen molar-refractivity contribution < 1.29 is 14.1 Å². The zero-order valence-corrected chi connectivity index (χ0v) is 15.9. The average Bonchev–Trinajstić information content (AvgIpc) is 3.23. The van der Waals surface area contributed by atoms with Crippen LogP contribution < -0.4 is 4.74 Å². The first-order valence-corrected chi connectivity index (χ1v) is 9.54. The van der Waals surface area contributed by atoms with Gasteiger partial charge in [0.25, 0.3) is 5.91 Å². The quantitative estimate of drug-likeness (QED) is 0.671. The van der Waals surface area contributed by atoms with E-state index in [1.54, 1.807) is 19.4 Å². The van der Waals surface area contributed by atoms with E-state index < -0.39 is 0 Å². The minimum absolute atomic E-state index is 0.0325. The molecule has 1 aromatic carbocycles. The molecule has 0 radical (unpaired) electrons. The molecule has 1 atom stereocenters. The summed E-state index contributed by atoms with van der Waals surface area (Å²) < 4.78 is 10.6. The molecule has 0 spiro atoms. The Kier molecular flexibility index (Phi) is 5.37. The van der Waals surface area contributed by atoms with Crippen molar-refractivity contribution in [1.29, 1.82) is 0 Å². The number of benzene rings is 1. The van der Waals surface area contributed by atoms with Gasteiger partial charge in [0, 0.05) is 31.4 Å². The van der Waals surface area contributed by atoms with E-state index in [1.165, 1.54) is 0 Å². The van der Waals surface area contributed by atoms with Crippen molar-refractivity contribution >= 4 is 5.91 Å². The van der Waals surface area contributed by atoms with Crippen LogP contribution >= 0.6 is 0 Å². The fourth-order valence-corrected chi connectivity index (χ4v) is 3.68. The molecule has 0 N–H and O–H groups in total. The molecule has 0 bridgehead atoms. The molecule has 1 aliphatic heterocycles. The molecule has 1 amide bonds. The van der Waals surface area contributed by atoms with E-state index in [-0.39, 0.29) is 11.9 Å². The SMILES string of the molecule is COc1ccc(Cc2cc(C(=O)N3CCCCC3c3cccnc3)on2)cc1. The number of nitrogens with zero attached hydrogens (tertiary/aromatic N) is 3. The van der Waals surface area contributed by atoms with Crippen LogP contribution in [0, 0.1) is 0 Å². The van der Waals surface area contributed by atoms with Crippen molar-refractivity contribution in [3.05, 3.63) is 77.4 Å².